The lowest BCUT2D eigenvalue weighted by atomic mass is 10.4. The minimum Gasteiger partial charge on any atom is -0.450 e. The van der Waals surface area contributed by atoms with Gasteiger partial charge < -0.3 is 15.9 Å². The summed E-state index contributed by atoms with van der Waals surface area (Å²) in [6.07, 6.45) is 0. The lowest BCUT2D eigenvalue weighted by molar-refractivity contribution is 0.546. The monoisotopic (exact) mass is 208 g/mol. The molecule has 0 aliphatic carbocycles. The summed E-state index contributed by atoms with van der Waals surface area (Å²) in [4.78, 5) is 8.07. The van der Waals surface area contributed by atoms with Crippen molar-refractivity contribution in [1.82, 2.24) is 0 Å². The van der Waals surface area contributed by atoms with E-state index in [2.05, 4.69) is 9.98 Å². The van der Waals surface area contributed by atoms with E-state index in [1.807, 2.05) is 13.8 Å². The second-order valence-corrected chi connectivity index (χ2v) is 2.88. The quantitative estimate of drug-likeness (QED) is 0.564. The zero-order chi connectivity index (χ0) is 11.3. The molecular weight excluding hydrogens is 192 g/mol. The van der Waals surface area contributed by atoms with Crippen LogP contribution in [0.4, 0.5) is 0 Å². The summed E-state index contributed by atoms with van der Waals surface area (Å²) in [5, 5.41) is 0. The van der Waals surface area contributed by atoms with Crippen molar-refractivity contribution in [1.29, 1.82) is 0 Å². The highest BCUT2D eigenvalue weighted by atomic mass is 16.3. The molecule has 1 aromatic heterocycles. The Morgan fingerprint density at radius 2 is 1.47 bits per heavy atom. The van der Waals surface area contributed by atoms with Crippen LogP contribution in [0.3, 0.4) is 0 Å². The fourth-order valence-electron chi connectivity index (χ4n) is 1.11. The Morgan fingerprint density at radius 3 is 1.80 bits per heavy atom. The molecule has 1 aromatic rings. The topological polar surface area (TPSA) is 89.9 Å². The van der Waals surface area contributed by atoms with Crippen molar-refractivity contribution in [3.05, 3.63) is 23.7 Å². The molecule has 0 aliphatic heterocycles. The summed E-state index contributed by atoms with van der Waals surface area (Å²) in [6, 6.07) is 3.48. The van der Waals surface area contributed by atoms with Crippen LogP contribution in [0.1, 0.15) is 25.4 Å². The van der Waals surface area contributed by atoms with E-state index < -0.39 is 0 Å². The zero-order valence-corrected chi connectivity index (χ0v) is 9.03. The van der Waals surface area contributed by atoms with Crippen LogP contribution in [0.5, 0.6) is 0 Å². The van der Waals surface area contributed by atoms with Crippen LogP contribution in [0, 0.1) is 0 Å². The van der Waals surface area contributed by atoms with Crippen molar-refractivity contribution >= 4 is 11.7 Å². The van der Waals surface area contributed by atoms with Gasteiger partial charge in [-0.3, -0.25) is 9.98 Å². The van der Waals surface area contributed by atoms with Gasteiger partial charge in [-0.2, -0.15) is 0 Å². The SMILES string of the molecule is CCN=C(N)c1ccc(C(N)=NCC)o1. The largest absolute Gasteiger partial charge is 0.450 e. The molecule has 82 valence electrons. The third-order valence-corrected chi connectivity index (χ3v) is 1.77. The highest BCUT2D eigenvalue weighted by Gasteiger charge is 2.07. The Kier molecular flexibility index (Phi) is 3.91. The van der Waals surface area contributed by atoms with E-state index in [0.717, 1.165) is 0 Å². The van der Waals surface area contributed by atoms with Gasteiger partial charge in [0.2, 0.25) is 0 Å². The van der Waals surface area contributed by atoms with Gasteiger partial charge in [-0.1, -0.05) is 0 Å². The first-order valence-electron chi connectivity index (χ1n) is 4.89. The molecule has 0 bridgehead atoms. The van der Waals surface area contributed by atoms with Crippen LogP contribution in [-0.4, -0.2) is 24.8 Å². The number of nitrogens with two attached hydrogens (primary N) is 2. The van der Waals surface area contributed by atoms with E-state index in [1.165, 1.54) is 0 Å². The summed E-state index contributed by atoms with van der Waals surface area (Å²) in [7, 11) is 0. The fraction of sp³-hybridized carbons (Fsp3) is 0.400. The molecule has 1 rings (SSSR count). The summed E-state index contributed by atoms with van der Waals surface area (Å²) >= 11 is 0. The maximum Gasteiger partial charge on any atom is 0.169 e. The molecule has 0 aromatic carbocycles. The van der Waals surface area contributed by atoms with Crippen molar-refractivity contribution in [2.24, 2.45) is 21.5 Å². The molecule has 5 heteroatoms. The molecule has 0 amide bonds. The molecule has 0 fully saturated rings. The van der Waals surface area contributed by atoms with Crippen LogP contribution in [0.25, 0.3) is 0 Å². The summed E-state index contributed by atoms with van der Waals surface area (Å²) in [5.41, 5.74) is 11.3. The smallest absolute Gasteiger partial charge is 0.169 e. The predicted molar refractivity (Wildman–Crippen MR) is 61.2 cm³/mol. The maximum atomic E-state index is 5.67. The fourth-order valence-corrected chi connectivity index (χ4v) is 1.11. The average Bonchev–Trinajstić information content (AvgIpc) is 2.67. The molecule has 0 aliphatic rings. The molecule has 0 atom stereocenters. The third kappa shape index (κ3) is 2.83. The Balaban J connectivity index is 2.90. The Labute approximate surface area is 88.9 Å². The molecule has 1 heterocycles. The minimum atomic E-state index is 0.382. The molecule has 0 spiro atoms. The van der Waals surface area contributed by atoms with Crippen molar-refractivity contribution in [2.45, 2.75) is 13.8 Å². The Hall–Kier alpha value is -1.78. The van der Waals surface area contributed by atoms with E-state index in [4.69, 9.17) is 15.9 Å². The molecule has 15 heavy (non-hydrogen) atoms. The van der Waals surface area contributed by atoms with Crippen molar-refractivity contribution < 1.29 is 4.42 Å². The van der Waals surface area contributed by atoms with Crippen LogP contribution >= 0.6 is 0 Å². The Bertz CT molecular complexity index is 344. The third-order valence-electron chi connectivity index (χ3n) is 1.77. The Morgan fingerprint density at radius 1 is 1.07 bits per heavy atom. The van der Waals surface area contributed by atoms with Crippen LogP contribution in [0.15, 0.2) is 26.5 Å². The van der Waals surface area contributed by atoms with E-state index >= 15 is 0 Å². The van der Waals surface area contributed by atoms with Crippen LogP contribution in [-0.2, 0) is 0 Å². The standard InChI is InChI=1S/C10H16N4O/c1-3-13-9(11)7-5-6-8(15-7)10(12)14-4-2/h5-6H,3-4H2,1-2H3,(H2,11,13)(H2,12,14). The van der Waals surface area contributed by atoms with Crippen LogP contribution in [0.2, 0.25) is 0 Å². The predicted octanol–water partition coefficient (Wildman–Crippen LogP) is 0.730. The highest BCUT2D eigenvalue weighted by molar-refractivity contribution is 5.98. The number of nitrogens with zero attached hydrogens (tertiary/aromatic N) is 2. The lowest BCUT2D eigenvalue weighted by Gasteiger charge is -1.96. The van der Waals surface area contributed by atoms with Gasteiger partial charge in [-0.05, 0) is 26.0 Å². The van der Waals surface area contributed by atoms with Gasteiger partial charge in [0, 0.05) is 13.1 Å². The van der Waals surface area contributed by atoms with E-state index in [-0.39, 0.29) is 0 Å². The normalized spacial score (nSPS) is 13.2. The summed E-state index contributed by atoms with van der Waals surface area (Å²) in [5.74, 6) is 1.82. The first kappa shape index (κ1) is 11.3. The van der Waals surface area contributed by atoms with Crippen molar-refractivity contribution in [3.63, 3.8) is 0 Å². The molecule has 0 saturated carbocycles. The van der Waals surface area contributed by atoms with Gasteiger partial charge in [0.25, 0.3) is 0 Å². The second-order valence-electron chi connectivity index (χ2n) is 2.88. The molecular formula is C10H16N4O. The van der Waals surface area contributed by atoms with E-state index in [0.29, 0.717) is 36.3 Å². The van der Waals surface area contributed by atoms with Gasteiger partial charge in [-0.15, -0.1) is 0 Å². The first-order valence-corrected chi connectivity index (χ1v) is 4.89. The minimum absolute atomic E-state index is 0.382. The van der Waals surface area contributed by atoms with Crippen molar-refractivity contribution in [2.75, 3.05) is 13.1 Å². The number of hydrogen-bond donors (Lipinski definition) is 2. The highest BCUT2D eigenvalue weighted by Crippen LogP contribution is 2.07. The first-order chi connectivity index (χ1) is 7.19. The number of aliphatic imine (C=N–C) groups is 2. The number of amidine groups is 2. The van der Waals surface area contributed by atoms with E-state index in [1.54, 1.807) is 12.1 Å². The number of hydrogen-bond acceptors (Lipinski definition) is 3. The zero-order valence-electron chi connectivity index (χ0n) is 9.03. The molecule has 0 unspecified atom stereocenters. The van der Waals surface area contributed by atoms with Gasteiger partial charge in [0.05, 0.1) is 0 Å². The van der Waals surface area contributed by atoms with Gasteiger partial charge in [0.1, 0.15) is 0 Å². The average molecular weight is 208 g/mol. The molecule has 0 radical (unpaired) electrons. The van der Waals surface area contributed by atoms with Crippen molar-refractivity contribution in [3.8, 4) is 0 Å². The number of furan rings is 1. The van der Waals surface area contributed by atoms with Gasteiger partial charge in [0.15, 0.2) is 23.2 Å². The molecule has 5 nitrogen and oxygen atoms in total. The van der Waals surface area contributed by atoms with Crippen LogP contribution < -0.4 is 11.5 Å². The molecule has 0 saturated heterocycles. The maximum absolute atomic E-state index is 5.67. The van der Waals surface area contributed by atoms with Gasteiger partial charge >= 0.3 is 0 Å². The summed E-state index contributed by atoms with van der Waals surface area (Å²) in [6.45, 7) is 5.06. The summed E-state index contributed by atoms with van der Waals surface area (Å²) < 4.78 is 5.40. The second kappa shape index (κ2) is 5.19. The lowest BCUT2D eigenvalue weighted by Crippen LogP contribution is -2.14. The van der Waals surface area contributed by atoms with Gasteiger partial charge in [-0.25, -0.2) is 0 Å². The number of rotatable bonds is 4. The van der Waals surface area contributed by atoms with E-state index in [9.17, 15) is 0 Å². The molecule has 4 N–H and O–H groups in total.